The Morgan fingerprint density at radius 3 is 2.82 bits per heavy atom. The normalized spacial score (nSPS) is 23.5. The number of hydrogen-bond acceptors (Lipinski definition) is 2. The summed E-state index contributed by atoms with van der Waals surface area (Å²) < 4.78 is 0. The maximum Gasteiger partial charge on any atom is 0.312 e. The Bertz CT molecular complexity index is 125. The molecule has 0 saturated carbocycles. The SMILES string of the molecule is Cl.NC(=O)N[C@@H]1CCCNC1. The number of urea groups is 1. The highest BCUT2D eigenvalue weighted by molar-refractivity contribution is 5.85. The largest absolute Gasteiger partial charge is 0.352 e. The molecule has 0 unspecified atom stereocenters. The van der Waals surface area contributed by atoms with Crippen molar-refractivity contribution in [3.63, 3.8) is 0 Å². The van der Waals surface area contributed by atoms with E-state index in [4.69, 9.17) is 5.73 Å². The molecule has 1 aliphatic heterocycles. The lowest BCUT2D eigenvalue weighted by Crippen LogP contribution is -2.47. The van der Waals surface area contributed by atoms with Gasteiger partial charge >= 0.3 is 6.03 Å². The van der Waals surface area contributed by atoms with Crippen LogP contribution in [0.2, 0.25) is 0 Å². The molecule has 2 amide bonds. The van der Waals surface area contributed by atoms with E-state index in [1.54, 1.807) is 0 Å². The molecule has 1 fully saturated rings. The van der Waals surface area contributed by atoms with Crippen molar-refractivity contribution in [3.8, 4) is 0 Å². The van der Waals surface area contributed by atoms with Gasteiger partial charge in [0, 0.05) is 12.6 Å². The number of nitrogens with two attached hydrogens (primary N) is 1. The van der Waals surface area contributed by atoms with Crippen molar-refractivity contribution in [1.29, 1.82) is 0 Å². The quantitative estimate of drug-likeness (QED) is 0.523. The third-order valence-corrected chi connectivity index (χ3v) is 1.64. The van der Waals surface area contributed by atoms with Gasteiger partial charge in [0.1, 0.15) is 0 Å². The molecule has 0 radical (unpaired) electrons. The summed E-state index contributed by atoms with van der Waals surface area (Å²) >= 11 is 0. The Morgan fingerprint density at radius 2 is 2.36 bits per heavy atom. The summed E-state index contributed by atoms with van der Waals surface area (Å²) in [7, 11) is 0. The topological polar surface area (TPSA) is 67.2 Å². The third kappa shape index (κ3) is 4.06. The molecule has 0 aromatic heterocycles. The van der Waals surface area contributed by atoms with Crippen LogP contribution in [0.3, 0.4) is 0 Å². The maximum absolute atomic E-state index is 10.4. The number of carbonyl (C=O) groups is 1. The van der Waals surface area contributed by atoms with Crippen molar-refractivity contribution in [2.45, 2.75) is 18.9 Å². The number of amides is 2. The van der Waals surface area contributed by atoms with Gasteiger partial charge in [0.15, 0.2) is 0 Å². The third-order valence-electron chi connectivity index (χ3n) is 1.64. The van der Waals surface area contributed by atoms with Gasteiger partial charge in [-0.05, 0) is 19.4 Å². The minimum atomic E-state index is -0.422. The van der Waals surface area contributed by atoms with Crippen molar-refractivity contribution >= 4 is 18.4 Å². The number of rotatable bonds is 1. The molecular formula is C6H14ClN3O. The predicted octanol–water partition coefficient (Wildman–Crippen LogP) is -0.172. The molecule has 0 spiro atoms. The highest BCUT2D eigenvalue weighted by atomic mass is 35.5. The minimum absolute atomic E-state index is 0. The van der Waals surface area contributed by atoms with E-state index in [1.165, 1.54) is 0 Å². The summed E-state index contributed by atoms with van der Waals surface area (Å²) in [5, 5.41) is 5.83. The molecule has 5 heteroatoms. The first-order chi connectivity index (χ1) is 4.79. The number of piperidine rings is 1. The van der Waals surface area contributed by atoms with Gasteiger partial charge in [-0.1, -0.05) is 0 Å². The maximum atomic E-state index is 10.4. The minimum Gasteiger partial charge on any atom is -0.352 e. The molecule has 66 valence electrons. The molecule has 1 aliphatic rings. The van der Waals surface area contributed by atoms with Gasteiger partial charge in [0.25, 0.3) is 0 Å². The Labute approximate surface area is 72.3 Å². The zero-order valence-corrected chi connectivity index (χ0v) is 7.12. The zero-order chi connectivity index (χ0) is 7.40. The van der Waals surface area contributed by atoms with Crippen molar-refractivity contribution in [1.82, 2.24) is 10.6 Å². The van der Waals surface area contributed by atoms with Gasteiger partial charge in [0.2, 0.25) is 0 Å². The first-order valence-electron chi connectivity index (χ1n) is 3.56. The monoisotopic (exact) mass is 179 g/mol. The van der Waals surface area contributed by atoms with Gasteiger partial charge in [-0.2, -0.15) is 0 Å². The van der Waals surface area contributed by atoms with E-state index >= 15 is 0 Å². The summed E-state index contributed by atoms with van der Waals surface area (Å²) in [5.41, 5.74) is 4.95. The van der Waals surface area contributed by atoms with Crippen LogP contribution in [-0.2, 0) is 0 Å². The van der Waals surface area contributed by atoms with Gasteiger partial charge in [0.05, 0.1) is 0 Å². The van der Waals surface area contributed by atoms with Crippen LogP contribution >= 0.6 is 12.4 Å². The predicted molar refractivity (Wildman–Crippen MR) is 45.9 cm³/mol. The number of nitrogens with one attached hydrogen (secondary N) is 2. The molecule has 11 heavy (non-hydrogen) atoms. The molecular weight excluding hydrogens is 166 g/mol. The Balaban J connectivity index is 0.000001000. The summed E-state index contributed by atoms with van der Waals surface area (Å²) in [5.74, 6) is 0. The van der Waals surface area contributed by atoms with E-state index in [1.807, 2.05) is 0 Å². The second kappa shape index (κ2) is 5.21. The lowest BCUT2D eigenvalue weighted by Gasteiger charge is -2.22. The van der Waals surface area contributed by atoms with Gasteiger partial charge in [-0.3, -0.25) is 0 Å². The van der Waals surface area contributed by atoms with Gasteiger partial charge < -0.3 is 16.4 Å². The average molecular weight is 180 g/mol. The van der Waals surface area contributed by atoms with Crippen molar-refractivity contribution in [3.05, 3.63) is 0 Å². The molecule has 0 aromatic carbocycles. The number of halogens is 1. The van der Waals surface area contributed by atoms with Crippen LogP contribution in [0.5, 0.6) is 0 Å². The van der Waals surface area contributed by atoms with Gasteiger partial charge in [-0.15, -0.1) is 12.4 Å². The molecule has 0 bridgehead atoms. The van der Waals surface area contributed by atoms with Crippen LogP contribution in [0.1, 0.15) is 12.8 Å². The van der Waals surface area contributed by atoms with E-state index in [0.29, 0.717) is 0 Å². The fourth-order valence-corrected chi connectivity index (χ4v) is 1.18. The lowest BCUT2D eigenvalue weighted by atomic mass is 10.1. The van der Waals surface area contributed by atoms with Crippen molar-refractivity contribution in [2.75, 3.05) is 13.1 Å². The fraction of sp³-hybridized carbons (Fsp3) is 0.833. The smallest absolute Gasteiger partial charge is 0.312 e. The van der Waals surface area contributed by atoms with Crippen LogP contribution in [0, 0.1) is 0 Å². The van der Waals surface area contributed by atoms with E-state index in [-0.39, 0.29) is 18.4 Å². The van der Waals surface area contributed by atoms with E-state index in [0.717, 1.165) is 25.9 Å². The zero-order valence-electron chi connectivity index (χ0n) is 6.30. The second-order valence-corrected chi connectivity index (χ2v) is 2.55. The Kier molecular flexibility index (Phi) is 4.98. The molecule has 0 aromatic rings. The second-order valence-electron chi connectivity index (χ2n) is 2.55. The average Bonchev–Trinajstić information content (AvgIpc) is 1.88. The fourth-order valence-electron chi connectivity index (χ4n) is 1.18. The highest BCUT2D eigenvalue weighted by Crippen LogP contribution is 1.99. The molecule has 1 atom stereocenters. The number of carbonyl (C=O) groups excluding carboxylic acids is 1. The van der Waals surface area contributed by atoms with E-state index < -0.39 is 6.03 Å². The van der Waals surface area contributed by atoms with Crippen LogP contribution < -0.4 is 16.4 Å². The van der Waals surface area contributed by atoms with Crippen LogP contribution in [0.4, 0.5) is 4.79 Å². The van der Waals surface area contributed by atoms with Crippen LogP contribution in [0.25, 0.3) is 0 Å². The van der Waals surface area contributed by atoms with Crippen LogP contribution in [0.15, 0.2) is 0 Å². The molecule has 0 aliphatic carbocycles. The molecule has 4 N–H and O–H groups in total. The standard InChI is InChI=1S/C6H13N3O.ClH/c7-6(10)9-5-2-1-3-8-4-5;/h5,8H,1-4H2,(H3,7,9,10);1H/t5-;/m1./s1. The van der Waals surface area contributed by atoms with E-state index in [2.05, 4.69) is 10.6 Å². The van der Waals surface area contributed by atoms with Crippen LogP contribution in [-0.4, -0.2) is 25.2 Å². The molecule has 1 saturated heterocycles. The number of primary amides is 1. The molecule has 4 nitrogen and oxygen atoms in total. The Morgan fingerprint density at radius 1 is 1.64 bits per heavy atom. The number of hydrogen-bond donors (Lipinski definition) is 3. The van der Waals surface area contributed by atoms with Gasteiger partial charge in [-0.25, -0.2) is 4.79 Å². The van der Waals surface area contributed by atoms with Crippen molar-refractivity contribution < 1.29 is 4.79 Å². The lowest BCUT2D eigenvalue weighted by molar-refractivity contribution is 0.242. The highest BCUT2D eigenvalue weighted by Gasteiger charge is 2.12. The van der Waals surface area contributed by atoms with E-state index in [9.17, 15) is 4.79 Å². The van der Waals surface area contributed by atoms with Crippen molar-refractivity contribution in [2.24, 2.45) is 5.73 Å². The summed E-state index contributed by atoms with van der Waals surface area (Å²) in [6.07, 6.45) is 2.15. The summed E-state index contributed by atoms with van der Waals surface area (Å²) in [6, 6.07) is -0.181. The molecule has 1 heterocycles. The first-order valence-corrected chi connectivity index (χ1v) is 3.56. The summed E-state index contributed by atoms with van der Waals surface area (Å²) in [6.45, 7) is 1.90. The first kappa shape index (κ1) is 10.5. The Hall–Kier alpha value is -0.480. The molecule has 1 rings (SSSR count). The summed E-state index contributed by atoms with van der Waals surface area (Å²) in [4.78, 5) is 10.4.